The fourth-order valence-electron chi connectivity index (χ4n) is 2.71. The zero-order chi connectivity index (χ0) is 21.0. The smallest absolute Gasteiger partial charge is 0.260 e. The van der Waals surface area contributed by atoms with Crippen LogP contribution < -0.4 is 23.8 Å². The highest BCUT2D eigenvalue weighted by Gasteiger charge is 2.23. The van der Waals surface area contributed by atoms with E-state index in [1.807, 2.05) is 24.3 Å². The summed E-state index contributed by atoms with van der Waals surface area (Å²) >= 11 is 0. The lowest BCUT2D eigenvalue weighted by Crippen LogP contribution is -2.44. The molecule has 0 aromatic heterocycles. The standard InChI is InChI=1S/C20H24N2O6S/c1-14(27-16-10-8-15(9-11-16)22(2)29(3,24)25)20(23)21-12-17-13-26-18-6-4-5-7-19(18)28-17/h4-11,14,17H,12-13H2,1-3H3,(H,21,23). The molecule has 1 aliphatic rings. The summed E-state index contributed by atoms with van der Waals surface area (Å²) in [5, 5.41) is 2.80. The number of sulfonamides is 1. The van der Waals surface area contributed by atoms with Gasteiger partial charge < -0.3 is 19.5 Å². The molecule has 1 N–H and O–H groups in total. The number of amides is 1. The first-order valence-electron chi connectivity index (χ1n) is 9.11. The van der Waals surface area contributed by atoms with E-state index in [0.29, 0.717) is 36.1 Å². The van der Waals surface area contributed by atoms with Crippen molar-refractivity contribution in [2.24, 2.45) is 0 Å². The van der Waals surface area contributed by atoms with Crippen molar-refractivity contribution in [3.05, 3.63) is 48.5 Å². The highest BCUT2D eigenvalue weighted by molar-refractivity contribution is 7.92. The average molecular weight is 420 g/mol. The van der Waals surface area contributed by atoms with Gasteiger partial charge in [-0.25, -0.2) is 8.42 Å². The first-order valence-corrected chi connectivity index (χ1v) is 11.0. The Hall–Kier alpha value is -2.94. The van der Waals surface area contributed by atoms with Crippen molar-refractivity contribution in [1.29, 1.82) is 0 Å². The Morgan fingerprint density at radius 2 is 1.86 bits per heavy atom. The van der Waals surface area contributed by atoms with Crippen molar-refractivity contribution in [3.63, 3.8) is 0 Å². The Morgan fingerprint density at radius 1 is 1.21 bits per heavy atom. The first-order chi connectivity index (χ1) is 13.7. The van der Waals surface area contributed by atoms with E-state index in [1.54, 1.807) is 31.2 Å². The van der Waals surface area contributed by atoms with Gasteiger partial charge >= 0.3 is 0 Å². The van der Waals surface area contributed by atoms with Crippen molar-refractivity contribution in [2.75, 3.05) is 30.8 Å². The minimum atomic E-state index is -3.34. The van der Waals surface area contributed by atoms with Crippen molar-refractivity contribution < 1.29 is 27.4 Å². The van der Waals surface area contributed by atoms with Gasteiger partial charge in [-0.1, -0.05) is 12.1 Å². The number of carbonyl (C=O) groups is 1. The maximum Gasteiger partial charge on any atom is 0.260 e. The van der Waals surface area contributed by atoms with Crippen LogP contribution in [0.1, 0.15) is 6.92 Å². The summed E-state index contributed by atoms with van der Waals surface area (Å²) in [6, 6.07) is 13.9. The Morgan fingerprint density at radius 3 is 2.52 bits per heavy atom. The molecule has 0 aliphatic carbocycles. The van der Waals surface area contributed by atoms with Gasteiger partial charge in [0.25, 0.3) is 5.91 Å². The van der Waals surface area contributed by atoms with Gasteiger partial charge in [-0.3, -0.25) is 9.10 Å². The Kier molecular flexibility index (Phi) is 6.17. The van der Waals surface area contributed by atoms with E-state index in [0.717, 1.165) is 10.6 Å². The lowest BCUT2D eigenvalue weighted by molar-refractivity contribution is -0.127. The van der Waals surface area contributed by atoms with Gasteiger partial charge in [0.05, 0.1) is 18.5 Å². The third-order valence-corrected chi connectivity index (χ3v) is 5.66. The van der Waals surface area contributed by atoms with Gasteiger partial charge in [-0.05, 0) is 43.3 Å². The molecular formula is C20H24N2O6S. The van der Waals surface area contributed by atoms with E-state index in [4.69, 9.17) is 14.2 Å². The largest absolute Gasteiger partial charge is 0.486 e. The van der Waals surface area contributed by atoms with Gasteiger partial charge in [0.15, 0.2) is 17.6 Å². The van der Waals surface area contributed by atoms with E-state index in [9.17, 15) is 13.2 Å². The molecule has 1 heterocycles. The van der Waals surface area contributed by atoms with Crippen LogP contribution in [0.3, 0.4) is 0 Å². The summed E-state index contributed by atoms with van der Waals surface area (Å²) in [6.45, 7) is 2.28. The molecule has 0 saturated heterocycles. The van der Waals surface area contributed by atoms with E-state index in [2.05, 4.69) is 5.32 Å². The predicted octanol–water partition coefficient (Wildman–Crippen LogP) is 1.81. The third kappa shape index (κ3) is 5.32. The molecule has 8 nitrogen and oxygen atoms in total. The van der Waals surface area contributed by atoms with Crippen LogP contribution >= 0.6 is 0 Å². The molecule has 2 unspecified atom stereocenters. The SMILES string of the molecule is CC(Oc1ccc(N(C)S(C)(=O)=O)cc1)C(=O)NCC1COc2ccccc2O1. The topological polar surface area (TPSA) is 94.2 Å². The fourth-order valence-corrected chi connectivity index (χ4v) is 3.21. The number of para-hydroxylation sites is 2. The molecule has 2 aromatic rings. The van der Waals surface area contributed by atoms with Gasteiger partial charge in [-0.15, -0.1) is 0 Å². The number of benzene rings is 2. The fraction of sp³-hybridized carbons (Fsp3) is 0.350. The molecule has 0 radical (unpaired) electrons. The predicted molar refractivity (Wildman–Crippen MR) is 109 cm³/mol. The molecule has 1 aliphatic heterocycles. The summed E-state index contributed by atoms with van der Waals surface area (Å²) < 4.78 is 41.4. The Bertz CT molecular complexity index is 961. The van der Waals surface area contributed by atoms with E-state index in [-0.39, 0.29) is 12.0 Å². The van der Waals surface area contributed by atoms with Gasteiger partial charge in [-0.2, -0.15) is 0 Å². The van der Waals surface area contributed by atoms with Gasteiger partial charge in [0, 0.05) is 7.05 Å². The van der Waals surface area contributed by atoms with Crippen LogP contribution in [0.15, 0.2) is 48.5 Å². The van der Waals surface area contributed by atoms with Crippen molar-refractivity contribution in [2.45, 2.75) is 19.1 Å². The molecule has 2 atom stereocenters. The Balaban J connectivity index is 1.49. The first kappa shape index (κ1) is 20.8. The van der Waals surface area contributed by atoms with Crippen LogP contribution in [-0.4, -0.2) is 53.0 Å². The molecule has 2 aromatic carbocycles. The van der Waals surface area contributed by atoms with E-state index >= 15 is 0 Å². The number of hydrogen-bond donors (Lipinski definition) is 1. The minimum Gasteiger partial charge on any atom is -0.486 e. The van der Waals surface area contributed by atoms with Crippen LogP contribution in [0.5, 0.6) is 17.2 Å². The van der Waals surface area contributed by atoms with Crippen LogP contribution in [0.4, 0.5) is 5.69 Å². The number of ether oxygens (including phenoxy) is 3. The summed E-state index contributed by atoms with van der Waals surface area (Å²) in [7, 11) is -1.87. The van der Waals surface area contributed by atoms with Crippen molar-refractivity contribution in [1.82, 2.24) is 5.32 Å². The molecule has 3 rings (SSSR count). The monoisotopic (exact) mass is 420 g/mol. The number of rotatable bonds is 7. The maximum absolute atomic E-state index is 12.3. The lowest BCUT2D eigenvalue weighted by Gasteiger charge is -2.27. The number of anilines is 1. The number of carbonyl (C=O) groups excluding carboxylic acids is 1. The zero-order valence-electron chi connectivity index (χ0n) is 16.5. The molecule has 1 amide bonds. The van der Waals surface area contributed by atoms with Gasteiger partial charge in [0.2, 0.25) is 10.0 Å². The van der Waals surface area contributed by atoms with Crippen LogP contribution in [0.25, 0.3) is 0 Å². The second kappa shape index (κ2) is 8.60. The van der Waals surface area contributed by atoms with Gasteiger partial charge in [0.1, 0.15) is 18.5 Å². The van der Waals surface area contributed by atoms with Crippen molar-refractivity contribution in [3.8, 4) is 17.2 Å². The highest BCUT2D eigenvalue weighted by Crippen LogP contribution is 2.30. The number of nitrogens with zero attached hydrogens (tertiary/aromatic N) is 1. The molecule has 9 heteroatoms. The second-order valence-electron chi connectivity index (χ2n) is 6.73. The summed E-state index contributed by atoms with van der Waals surface area (Å²) in [4.78, 5) is 12.3. The molecule has 156 valence electrons. The van der Waals surface area contributed by atoms with Crippen LogP contribution in [0.2, 0.25) is 0 Å². The second-order valence-corrected chi connectivity index (χ2v) is 8.74. The maximum atomic E-state index is 12.3. The number of fused-ring (bicyclic) bond motifs is 1. The molecule has 0 bridgehead atoms. The highest BCUT2D eigenvalue weighted by atomic mass is 32.2. The quantitative estimate of drug-likeness (QED) is 0.734. The molecule has 29 heavy (non-hydrogen) atoms. The zero-order valence-corrected chi connectivity index (χ0v) is 17.3. The van der Waals surface area contributed by atoms with Crippen LogP contribution in [-0.2, 0) is 14.8 Å². The summed E-state index contributed by atoms with van der Waals surface area (Å²) in [5.41, 5.74) is 0.506. The molecular weight excluding hydrogens is 396 g/mol. The third-order valence-electron chi connectivity index (χ3n) is 4.45. The lowest BCUT2D eigenvalue weighted by atomic mass is 10.2. The van der Waals surface area contributed by atoms with Crippen LogP contribution in [0, 0.1) is 0 Å². The normalized spacial score (nSPS) is 16.6. The number of nitrogens with one attached hydrogen (secondary N) is 1. The molecule has 0 saturated carbocycles. The minimum absolute atomic E-state index is 0.285. The van der Waals surface area contributed by atoms with E-state index in [1.165, 1.54) is 7.05 Å². The molecule has 0 spiro atoms. The average Bonchev–Trinajstić information content (AvgIpc) is 2.71. The molecule has 0 fully saturated rings. The van der Waals surface area contributed by atoms with E-state index < -0.39 is 16.1 Å². The summed E-state index contributed by atoms with van der Waals surface area (Å²) in [5.74, 6) is 1.52. The number of hydrogen-bond acceptors (Lipinski definition) is 6. The summed E-state index contributed by atoms with van der Waals surface area (Å²) in [6.07, 6.45) is 0.112. The Labute approximate surface area is 170 Å². The van der Waals surface area contributed by atoms with Crippen molar-refractivity contribution >= 4 is 21.6 Å².